The monoisotopic (exact) mass is 321 g/mol. The Kier molecular flexibility index (Phi) is 5.21. The van der Waals surface area contributed by atoms with E-state index in [4.69, 9.17) is 15.7 Å². The van der Waals surface area contributed by atoms with E-state index >= 15 is 0 Å². The van der Waals surface area contributed by atoms with Crippen LogP contribution in [0, 0.1) is 5.41 Å². The van der Waals surface area contributed by atoms with Gasteiger partial charge in [-0.15, -0.1) is 0 Å². The van der Waals surface area contributed by atoms with Crippen molar-refractivity contribution < 1.29 is 23.2 Å². The third kappa shape index (κ3) is 3.65. The predicted octanol–water partition coefficient (Wildman–Crippen LogP) is -0.531. The van der Waals surface area contributed by atoms with E-state index in [1.54, 1.807) is 0 Å². The van der Waals surface area contributed by atoms with Crippen LogP contribution < -0.4 is 11.1 Å². The average molecular weight is 321 g/mol. The second-order valence-corrected chi connectivity index (χ2v) is 8.54. The number of sulfone groups is 1. The normalized spacial score (nSPS) is 20.0. The van der Waals surface area contributed by atoms with Crippen LogP contribution in [0.4, 0.5) is 0 Å². The molecule has 1 aliphatic rings. The number of nitrogens with one attached hydrogen (secondary N) is 1. The molecule has 4 N–H and O–H groups in total. The van der Waals surface area contributed by atoms with Crippen LogP contribution in [0.25, 0.3) is 0 Å². The minimum Gasteiger partial charge on any atom is -0.409 e. The number of amides is 1. The first-order valence-corrected chi connectivity index (χ1v) is 8.50. The summed E-state index contributed by atoms with van der Waals surface area (Å²) in [4.78, 5) is 12.5. The van der Waals surface area contributed by atoms with Crippen LogP contribution in [-0.4, -0.2) is 56.1 Å². The number of amidine groups is 1. The maximum absolute atomic E-state index is 12.5. The van der Waals surface area contributed by atoms with Crippen LogP contribution in [0.15, 0.2) is 5.16 Å². The smallest absolute Gasteiger partial charge is 0.234 e. The molecule has 0 unspecified atom stereocenters. The minimum atomic E-state index is -3.32. The first kappa shape index (κ1) is 17.7. The summed E-state index contributed by atoms with van der Waals surface area (Å²) in [5.74, 6) is -0.627. The van der Waals surface area contributed by atoms with Crippen molar-refractivity contribution in [1.82, 2.24) is 5.32 Å². The molecule has 0 aromatic carbocycles. The summed E-state index contributed by atoms with van der Waals surface area (Å²) in [5.41, 5.74) is 4.52. The second kappa shape index (κ2) is 6.18. The Bertz CT molecular complexity index is 521. The van der Waals surface area contributed by atoms with E-state index in [2.05, 4.69) is 10.5 Å². The molecule has 0 aromatic rings. The van der Waals surface area contributed by atoms with Crippen molar-refractivity contribution in [2.75, 3.05) is 26.0 Å². The van der Waals surface area contributed by atoms with Gasteiger partial charge in [-0.3, -0.25) is 4.79 Å². The molecule has 1 rings (SSSR count). The summed E-state index contributed by atoms with van der Waals surface area (Å²) in [7, 11) is -3.32. The number of ether oxygens (including phenoxy) is 1. The molecule has 1 fully saturated rings. The molecule has 8 nitrogen and oxygen atoms in total. The molecule has 0 spiro atoms. The Morgan fingerprint density at radius 3 is 2.38 bits per heavy atom. The third-order valence-corrected chi connectivity index (χ3v) is 6.21. The van der Waals surface area contributed by atoms with Crippen LogP contribution in [0.5, 0.6) is 0 Å². The van der Waals surface area contributed by atoms with Crippen molar-refractivity contribution in [1.29, 1.82) is 0 Å². The highest BCUT2D eigenvalue weighted by Crippen LogP contribution is 2.31. The zero-order valence-corrected chi connectivity index (χ0v) is 13.4. The lowest BCUT2D eigenvalue weighted by Gasteiger charge is -2.35. The number of hydrogen-bond acceptors (Lipinski definition) is 6. The number of nitrogens with zero attached hydrogens (tertiary/aromatic N) is 1. The fraction of sp³-hybridized carbons (Fsp3) is 0.833. The van der Waals surface area contributed by atoms with Gasteiger partial charge in [-0.05, 0) is 26.7 Å². The molecule has 9 heteroatoms. The molecule has 1 amide bonds. The first-order valence-electron chi connectivity index (χ1n) is 6.60. The molecule has 0 aromatic heterocycles. The number of carbonyl (C=O) groups is 1. The SMILES string of the molecule is CC(C)(CNC(=O)C1(C(N)=NO)CCOCC1)S(C)(=O)=O. The zero-order chi connectivity index (χ0) is 16.3. The van der Waals surface area contributed by atoms with Gasteiger partial charge >= 0.3 is 0 Å². The summed E-state index contributed by atoms with van der Waals surface area (Å²) >= 11 is 0. The van der Waals surface area contributed by atoms with E-state index in [9.17, 15) is 13.2 Å². The fourth-order valence-corrected chi connectivity index (χ4v) is 2.34. The third-order valence-electron chi connectivity index (χ3n) is 4.06. The Labute approximate surface area is 124 Å². The summed E-state index contributed by atoms with van der Waals surface area (Å²) in [6.07, 6.45) is 1.69. The molecule has 0 atom stereocenters. The highest BCUT2D eigenvalue weighted by Gasteiger charge is 2.45. The van der Waals surface area contributed by atoms with E-state index < -0.39 is 25.9 Å². The molecule has 1 saturated heterocycles. The van der Waals surface area contributed by atoms with Gasteiger partial charge in [-0.25, -0.2) is 8.42 Å². The molecule has 122 valence electrons. The van der Waals surface area contributed by atoms with Gasteiger partial charge in [-0.2, -0.15) is 0 Å². The Balaban J connectivity index is 2.89. The molecule has 0 saturated carbocycles. The standard InChI is InChI=1S/C12H23N3O5S/c1-11(2,21(3,18)19)8-14-10(16)12(9(13)15-17)4-6-20-7-5-12/h17H,4-8H2,1-3H3,(H2,13,15)(H,14,16). The zero-order valence-electron chi connectivity index (χ0n) is 12.5. The van der Waals surface area contributed by atoms with Gasteiger partial charge in [-0.1, -0.05) is 5.16 Å². The maximum Gasteiger partial charge on any atom is 0.234 e. The van der Waals surface area contributed by atoms with Gasteiger partial charge in [0, 0.05) is 26.0 Å². The Hall–Kier alpha value is -1.35. The van der Waals surface area contributed by atoms with Crippen molar-refractivity contribution in [2.45, 2.75) is 31.4 Å². The number of rotatable bonds is 5. The number of carbonyl (C=O) groups excluding carboxylic acids is 1. The van der Waals surface area contributed by atoms with Gasteiger partial charge in [0.2, 0.25) is 5.91 Å². The molecular formula is C12H23N3O5S. The average Bonchev–Trinajstić information content (AvgIpc) is 2.43. The maximum atomic E-state index is 12.5. The summed E-state index contributed by atoms with van der Waals surface area (Å²) < 4.78 is 27.4. The topological polar surface area (TPSA) is 131 Å². The summed E-state index contributed by atoms with van der Waals surface area (Å²) in [5, 5.41) is 14.5. The largest absolute Gasteiger partial charge is 0.409 e. The van der Waals surface area contributed by atoms with Crippen molar-refractivity contribution in [2.24, 2.45) is 16.3 Å². The van der Waals surface area contributed by atoms with E-state index in [1.165, 1.54) is 13.8 Å². The molecule has 0 radical (unpaired) electrons. The lowest BCUT2D eigenvalue weighted by Crippen LogP contribution is -2.55. The second-order valence-electron chi connectivity index (χ2n) is 5.89. The van der Waals surface area contributed by atoms with Crippen LogP contribution in [0.3, 0.4) is 0 Å². The molecule has 21 heavy (non-hydrogen) atoms. The van der Waals surface area contributed by atoms with Gasteiger partial charge in [0.15, 0.2) is 15.7 Å². The van der Waals surface area contributed by atoms with Crippen molar-refractivity contribution >= 4 is 21.6 Å². The Morgan fingerprint density at radius 1 is 1.43 bits per heavy atom. The van der Waals surface area contributed by atoms with Crippen molar-refractivity contribution in [3.63, 3.8) is 0 Å². The summed E-state index contributed by atoms with van der Waals surface area (Å²) in [6.45, 7) is 3.65. The van der Waals surface area contributed by atoms with Gasteiger partial charge in [0.25, 0.3) is 0 Å². The predicted molar refractivity (Wildman–Crippen MR) is 77.8 cm³/mol. The molecule has 1 aliphatic heterocycles. The van der Waals surface area contributed by atoms with Gasteiger partial charge in [0.1, 0.15) is 5.41 Å². The van der Waals surface area contributed by atoms with E-state index in [0.717, 1.165) is 6.26 Å². The quantitative estimate of drug-likeness (QED) is 0.270. The molecule has 0 aliphatic carbocycles. The van der Waals surface area contributed by atoms with Crippen LogP contribution in [0.1, 0.15) is 26.7 Å². The molecule has 1 heterocycles. The number of oxime groups is 1. The van der Waals surface area contributed by atoms with E-state index in [0.29, 0.717) is 13.2 Å². The number of hydrogen-bond donors (Lipinski definition) is 3. The fourth-order valence-electron chi connectivity index (χ4n) is 2.01. The van der Waals surface area contributed by atoms with E-state index in [1.807, 2.05) is 0 Å². The van der Waals surface area contributed by atoms with Gasteiger partial charge < -0.3 is 21.0 Å². The van der Waals surface area contributed by atoms with Crippen LogP contribution in [0.2, 0.25) is 0 Å². The lowest BCUT2D eigenvalue weighted by molar-refractivity contribution is -0.131. The van der Waals surface area contributed by atoms with Crippen LogP contribution in [-0.2, 0) is 19.4 Å². The van der Waals surface area contributed by atoms with Crippen LogP contribution >= 0.6 is 0 Å². The molecule has 0 bridgehead atoms. The lowest BCUT2D eigenvalue weighted by atomic mass is 9.78. The minimum absolute atomic E-state index is 0.0496. The van der Waals surface area contributed by atoms with Crippen molar-refractivity contribution in [3.8, 4) is 0 Å². The number of nitrogens with two attached hydrogens (primary N) is 1. The van der Waals surface area contributed by atoms with E-state index in [-0.39, 0.29) is 25.2 Å². The van der Waals surface area contributed by atoms with Gasteiger partial charge in [0.05, 0.1) is 4.75 Å². The molecular weight excluding hydrogens is 298 g/mol. The van der Waals surface area contributed by atoms with Crippen molar-refractivity contribution in [3.05, 3.63) is 0 Å². The highest BCUT2D eigenvalue weighted by molar-refractivity contribution is 7.92. The Morgan fingerprint density at radius 2 is 1.95 bits per heavy atom. The highest BCUT2D eigenvalue weighted by atomic mass is 32.2. The summed E-state index contributed by atoms with van der Waals surface area (Å²) in [6, 6.07) is 0. The first-order chi connectivity index (χ1) is 9.57.